The molecule has 0 saturated carbocycles. The third-order valence-corrected chi connectivity index (χ3v) is 9.66. The summed E-state index contributed by atoms with van der Waals surface area (Å²) in [7, 11) is -3.31. The van der Waals surface area contributed by atoms with Crippen LogP contribution in [0.15, 0.2) is 80.7 Å². The molecule has 0 aliphatic carbocycles. The van der Waals surface area contributed by atoms with Crippen LogP contribution in [0.2, 0.25) is 0 Å². The third kappa shape index (κ3) is 5.19. The number of benzene rings is 2. The summed E-state index contributed by atoms with van der Waals surface area (Å²) in [6.07, 6.45) is 2.47. The highest BCUT2D eigenvalue weighted by molar-refractivity contribution is 7.90. The lowest BCUT2D eigenvalue weighted by Crippen LogP contribution is -2.33. The van der Waals surface area contributed by atoms with Gasteiger partial charge in [-0.05, 0) is 60.2 Å². The Balaban J connectivity index is 1.18. The molecule has 0 atom stereocenters. The number of carbonyl (C=O) groups is 2. The predicted octanol–water partition coefficient (Wildman–Crippen LogP) is 6.04. The standard InChI is InChI=1S/C29H25N3O5S3/c1-40(35,36)21-10-11-23-19(16-21)12-14-31(23)27(33)9-4-13-32(28(34)26-8-5-15-38-26)29-30-22(18-39-29)25-17-20-6-2-3-7-24(20)37-25/h2-3,5-8,10-11,15-18H,4,9,12-14H2,1H3. The van der Waals surface area contributed by atoms with E-state index in [0.717, 1.165) is 22.2 Å². The highest BCUT2D eigenvalue weighted by atomic mass is 32.2. The number of para-hydroxylation sites is 1. The normalized spacial score (nSPS) is 13.1. The molecule has 0 fully saturated rings. The number of thiazole rings is 1. The monoisotopic (exact) mass is 591 g/mol. The molecular weight excluding hydrogens is 567 g/mol. The van der Waals surface area contributed by atoms with Crippen molar-refractivity contribution in [3.63, 3.8) is 0 Å². The van der Waals surface area contributed by atoms with E-state index in [1.807, 2.05) is 47.2 Å². The first kappa shape index (κ1) is 26.4. The van der Waals surface area contributed by atoms with E-state index in [1.54, 1.807) is 34.1 Å². The van der Waals surface area contributed by atoms with Gasteiger partial charge >= 0.3 is 0 Å². The minimum atomic E-state index is -3.31. The third-order valence-electron chi connectivity index (χ3n) is 6.83. The van der Waals surface area contributed by atoms with E-state index in [2.05, 4.69) is 0 Å². The second kappa shape index (κ2) is 10.6. The summed E-state index contributed by atoms with van der Waals surface area (Å²) in [6, 6.07) is 18.2. The van der Waals surface area contributed by atoms with Crippen LogP contribution in [0.4, 0.5) is 10.8 Å². The maximum Gasteiger partial charge on any atom is 0.270 e. The smallest absolute Gasteiger partial charge is 0.270 e. The van der Waals surface area contributed by atoms with Gasteiger partial charge in [0, 0.05) is 42.2 Å². The molecule has 1 aliphatic rings. The van der Waals surface area contributed by atoms with E-state index in [9.17, 15) is 18.0 Å². The first-order valence-electron chi connectivity index (χ1n) is 12.7. The number of aromatic nitrogens is 1. The molecule has 11 heteroatoms. The molecule has 4 heterocycles. The highest BCUT2D eigenvalue weighted by Gasteiger charge is 2.27. The van der Waals surface area contributed by atoms with Gasteiger partial charge in [-0.1, -0.05) is 24.3 Å². The fourth-order valence-electron chi connectivity index (χ4n) is 4.82. The molecule has 0 radical (unpaired) electrons. The van der Waals surface area contributed by atoms with Gasteiger partial charge < -0.3 is 9.32 Å². The van der Waals surface area contributed by atoms with Gasteiger partial charge in [0.2, 0.25) is 5.91 Å². The summed E-state index contributed by atoms with van der Waals surface area (Å²) in [6.45, 7) is 0.829. The number of nitrogens with zero attached hydrogens (tertiary/aromatic N) is 3. The number of sulfone groups is 1. The molecule has 204 valence electrons. The maximum absolute atomic E-state index is 13.4. The molecule has 8 nitrogen and oxygen atoms in total. The van der Waals surface area contributed by atoms with Gasteiger partial charge in [-0.3, -0.25) is 14.5 Å². The van der Waals surface area contributed by atoms with Crippen molar-refractivity contribution < 1.29 is 22.4 Å². The van der Waals surface area contributed by atoms with E-state index in [4.69, 9.17) is 9.40 Å². The van der Waals surface area contributed by atoms with Crippen molar-refractivity contribution in [3.05, 3.63) is 81.9 Å². The number of hydrogen-bond donors (Lipinski definition) is 0. The highest BCUT2D eigenvalue weighted by Crippen LogP contribution is 2.33. The van der Waals surface area contributed by atoms with Crippen LogP contribution in [0.1, 0.15) is 28.1 Å². The van der Waals surface area contributed by atoms with Crippen LogP contribution in [-0.4, -0.2) is 44.6 Å². The Morgan fingerprint density at radius 2 is 1.93 bits per heavy atom. The number of amides is 2. The van der Waals surface area contributed by atoms with Crippen molar-refractivity contribution in [3.8, 4) is 11.5 Å². The summed E-state index contributed by atoms with van der Waals surface area (Å²) < 4.78 is 29.8. The molecule has 0 saturated heterocycles. The fraction of sp³-hybridized carbons (Fsp3) is 0.207. The molecule has 2 amide bonds. The predicted molar refractivity (Wildman–Crippen MR) is 158 cm³/mol. The van der Waals surface area contributed by atoms with Crippen LogP contribution >= 0.6 is 22.7 Å². The van der Waals surface area contributed by atoms with Crippen molar-refractivity contribution in [2.75, 3.05) is 29.1 Å². The first-order chi connectivity index (χ1) is 19.3. The zero-order chi connectivity index (χ0) is 27.9. The SMILES string of the molecule is CS(=O)(=O)c1ccc2c(c1)CCN2C(=O)CCCN(C(=O)c1cccs1)c1nc(-c2cc3ccccc3o2)cs1. The topological polar surface area (TPSA) is 101 Å². The van der Waals surface area contributed by atoms with Crippen LogP contribution in [0.5, 0.6) is 0 Å². The number of thiophene rings is 1. The minimum absolute atomic E-state index is 0.0588. The summed E-state index contributed by atoms with van der Waals surface area (Å²) in [5.74, 6) is 0.415. The van der Waals surface area contributed by atoms with E-state index in [1.165, 1.54) is 28.9 Å². The second-order valence-corrected chi connectivity index (χ2v) is 13.4. The molecule has 0 unspecified atom stereocenters. The summed E-state index contributed by atoms with van der Waals surface area (Å²) in [4.78, 5) is 35.5. The molecule has 40 heavy (non-hydrogen) atoms. The van der Waals surface area contributed by atoms with E-state index in [0.29, 0.717) is 47.4 Å². The van der Waals surface area contributed by atoms with Gasteiger partial charge in [0.25, 0.3) is 5.91 Å². The van der Waals surface area contributed by atoms with Crippen molar-refractivity contribution >= 4 is 66.1 Å². The van der Waals surface area contributed by atoms with Crippen molar-refractivity contribution in [1.82, 2.24) is 4.98 Å². The van der Waals surface area contributed by atoms with Crippen molar-refractivity contribution in [2.45, 2.75) is 24.2 Å². The van der Waals surface area contributed by atoms with Crippen LogP contribution < -0.4 is 9.80 Å². The Hall–Kier alpha value is -3.80. The number of carbonyl (C=O) groups excluding carboxylic acids is 2. The average Bonchev–Trinajstić information content (AvgIpc) is 3.75. The Labute approximate surface area is 239 Å². The van der Waals surface area contributed by atoms with Crippen LogP contribution in [0.3, 0.4) is 0 Å². The van der Waals surface area contributed by atoms with Crippen molar-refractivity contribution in [1.29, 1.82) is 0 Å². The quantitative estimate of drug-likeness (QED) is 0.218. The van der Waals surface area contributed by atoms with Gasteiger partial charge in [0.1, 0.15) is 11.3 Å². The Bertz CT molecular complexity index is 1790. The average molecular weight is 592 g/mol. The Kier molecular flexibility index (Phi) is 7.03. The van der Waals surface area contributed by atoms with Gasteiger partial charge in [-0.2, -0.15) is 0 Å². The zero-order valence-corrected chi connectivity index (χ0v) is 24.0. The number of furan rings is 1. The Morgan fingerprint density at radius 1 is 1.07 bits per heavy atom. The van der Waals surface area contributed by atoms with E-state index in [-0.39, 0.29) is 23.1 Å². The van der Waals surface area contributed by atoms with E-state index < -0.39 is 9.84 Å². The lowest BCUT2D eigenvalue weighted by Gasteiger charge is -2.21. The molecule has 6 rings (SSSR count). The largest absolute Gasteiger partial charge is 0.454 e. The lowest BCUT2D eigenvalue weighted by atomic mass is 10.2. The summed E-state index contributed by atoms with van der Waals surface area (Å²) in [5.41, 5.74) is 3.03. The van der Waals surface area contributed by atoms with Crippen molar-refractivity contribution in [2.24, 2.45) is 0 Å². The molecule has 2 aromatic carbocycles. The maximum atomic E-state index is 13.4. The number of rotatable bonds is 8. The molecule has 5 aromatic rings. The first-order valence-corrected chi connectivity index (χ1v) is 16.4. The molecule has 0 spiro atoms. The van der Waals surface area contributed by atoms with Gasteiger partial charge in [-0.15, -0.1) is 22.7 Å². The van der Waals surface area contributed by atoms with Gasteiger partial charge in [0.05, 0.1) is 9.77 Å². The van der Waals surface area contributed by atoms with Crippen LogP contribution in [0.25, 0.3) is 22.4 Å². The molecule has 0 N–H and O–H groups in total. The van der Waals surface area contributed by atoms with Crippen LogP contribution in [0, 0.1) is 0 Å². The van der Waals surface area contributed by atoms with E-state index >= 15 is 0 Å². The fourth-order valence-corrected chi connectivity index (χ4v) is 7.00. The second-order valence-electron chi connectivity index (χ2n) is 9.56. The summed E-state index contributed by atoms with van der Waals surface area (Å²) >= 11 is 2.72. The molecule has 0 bridgehead atoms. The molecular formula is C29H25N3O5S3. The Morgan fingerprint density at radius 3 is 2.70 bits per heavy atom. The summed E-state index contributed by atoms with van der Waals surface area (Å²) in [5, 5.41) is 5.25. The van der Waals surface area contributed by atoms with Crippen LogP contribution in [-0.2, 0) is 21.1 Å². The van der Waals surface area contributed by atoms with Gasteiger partial charge in [-0.25, -0.2) is 13.4 Å². The molecule has 1 aliphatic heterocycles. The zero-order valence-electron chi connectivity index (χ0n) is 21.6. The lowest BCUT2D eigenvalue weighted by molar-refractivity contribution is -0.118. The molecule has 3 aromatic heterocycles. The van der Waals surface area contributed by atoms with Gasteiger partial charge in [0.15, 0.2) is 20.7 Å². The number of hydrogen-bond acceptors (Lipinski definition) is 8. The number of anilines is 2. The number of fused-ring (bicyclic) bond motifs is 2. The minimum Gasteiger partial charge on any atom is -0.454 e.